The van der Waals surface area contributed by atoms with Crippen LogP contribution < -0.4 is 9.64 Å². The van der Waals surface area contributed by atoms with Gasteiger partial charge in [0.15, 0.2) is 0 Å². The second-order valence-electron chi connectivity index (χ2n) is 5.59. The highest BCUT2D eigenvalue weighted by molar-refractivity contribution is 6.15. The first-order valence-electron chi connectivity index (χ1n) is 6.97. The third-order valence-electron chi connectivity index (χ3n) is 3.97. The molecule has 1 aromatic carbocycles. The van der Waals surface area contributed by atoms with Gasteiger partial charge in [0.25, 0.3) is 11.8 Å². The summed E-state index contributed by atoms with van der Waals surface area (Å²) in [6.07, 6.45) is 1.10. The number of fused-ring (bicyclic) bond motifs is 1. The van der Waals surface area contributed by atoms with Crippen LogP contribution in [-0.2, 0) is 14.4 Å². The van der Waals surface area contributed by atoms with Crippen LogP contribution in [-0.4, -0.2) is 42.8 Å². The second-order valence-corrected chi connectivity index (χ2v) is 5.59. The molecule has 0 bridgehead atoms. The monoisotopic (exact) mass is 300 g/mol. The Morgan fingerprint density at radius 1 is 1.09 bits per heavy atom. The molecule has 22 heavy (non-hydrogen) atoms. The van der Waals surface area contributed by atoms with Gasteiger partial charge < -0.3 is 9.64 Å². The van der Waals surface area contributed by atoms with Gasteiger partial charge in [-0.05, 0) is 6.07 Å². The van der Waals surface area contributed by atoms with Gasteiger partial charge in [-0.2, -0.15) is 0 Å². The summed E-state index contributed by atoms with van der Waals surface area (Å²) in [7, 11) is 3.79. The Bertz CT molecular complexity index is 690. The van der Waals surface area contributed by atoms with E-state index in [-0.39, 0.29) is 5.78 Å². The molecule has 114 valence electrons. The molecule has 3 rings (SSSR count). The summed E-state index contributed by atoms with van der Waals surface area (Å²) in [5.41, 5.74) is 1.68. The number of rotatable bonds is 2. The highest BCUT2D eigenvalue weighted by atomic mass is 16.5. The lowest BCUT2D eigenvalue weighted by atomic mass is 9.91. The molecule has 6 heteroatoms. The zero-order valence-electron chi connectivity index (χ0n) is 12.6. The molecular formula is C16H16N2O4. The van der Waals surface area contributed by atoms with E-state index < -0.39 is 24.0 Å². The smallest absolute Gasteiger partial charge is 0.256 e. The lowest BCUT2D eigenvalue weighted by Gasteiger charge is -2.33. The van der Waals surface area contributed by atoms with E-state index >= 15 is 0 Å². The van der Waals surface area contributed by atoms with E-state index in [0.29, 0.717) is 5.75 Å². The van der Waals surface area contributed by atoms with Crippen molar-refractivity contribution in [2.75, 3.05) is 19.0 Å². The third kappa shape index (κ3) is 2.07. The van der Waals surface area contributed by atoms with Crippen LogP contribution in [0.15, 0.2) is 30.4 Å². The lowest BCUT2D eigenvalue weighted by Crippen LogP contribution is -2.51. The summed E-state index contributed by atoms with van der Waals surface area (Å²) >= 11 is 0. The maximum absolute atomic E-state index is 12.5. The first-order chi connectivity index (χ1) is 10.4. The molecule has 0 aliphatic carbocycles. The first kappa shape index (κ1) is 14.3. The van der Waals surface area contributed by atoms with Crippen LogP contribution in [0.2, 0.25) is 0 Å². The fraction of sp³-hybridized carbons (Fsp3) is 0.312. The Morgan fingerprint density at radius 3 is 2.32 bits per heavy atom. The Labute approximate surface area is 127 Å². The van der Waals surface area contributed by atoms with Gasteiger partial charge in [-0.15, -0.1) is 0 Å². The van der Waals surface area contributed by atoms with E-state index in [9.17, 15) is 14.4 Å². The van der Waals surface area contributed by atoms with Crippen LogP contribution in [0, 0.1) is 0 Å². The standard InChI is InChI=1S/C16H16N2O4/c1-9-11-5-4-10(17(2)3)8-12(11)22-16(15(9)21)18-13(19)6-7-14(18)20/h4-9,16H,1-3H3. The highest BCUT2D eigenvalue weighted by Gasteiger charge is 2.43. The summed E-state index contributed by atoms with van der Waals surface area (Å²) < 4.78 is 5.70. The minimum absolute atomic E-state index is 0.296. The molecule has 0 fully saturated rings. The van der Waals surface area contributed by atoms with Gasteiger partial charge in [-0.1, -0.05) is 13.0 Å². The zero-order chi connectivity index (χ0) is 16.0. The summed E-state index contributed by atoms with van der Waals surface area (Å²) in [5, 5.41) is 0. The average molecular weight is 300 g/mol. The van der Waals surface area contributed by atoms with E-state index in [4.69, 9.17) is 4.74 Å². The average Bonchev–Trinajstić information content (AvgIpc) is 2.81. The van der Waals surface area contributed by atoms with Crippen molar-refractivity contribution in [3.05, 3.63) is 35.9 Å². The number of hydrogen-bond donors (Lipinski definition) is 0. The van der Waals surface area contributed by atoms with E-state index in [1.807, 2.05) is 37.2 Å². The molecule has 0 saturated carbocycles. The topological polar surface area (TPSA) is 66.9 Å². The lowest BCUT2D eigenvalue weighted by molar-refractivity contribution is -0.155. The number of ether oxygens (including phenoxy) is 1. The second kappa shape index (κ2) is 4.98. The van der Waals surface area contributed by atoms with Crippen molar-refractivity contribution in [1.82, 2.24) is 4.90 Å². The van der Waals surface area contributed by atoms with Crippen molar-refractivity contribution in [3.8, 4) is 5.75 Å². The van der Waals surface area contributed by atoms with Crippen LogP contribution in [0.1, 0.15) is 18.4 Å². The Hall–Kier alpha value is -2.63. The van der Waals surface area contributed by atoms with Crippen molar-refractivity contribution >= 4 is 23.3 Å². The highest BCUT2D eigenvalue weighted by Crippen LogP contribution is 2.37. The van der Waals surface area contributed by atoms with E-state index in [1.54, 1.807) is 6.92 Å². The molecule has 2 amide bonds. The molecule has 2 atom stereocenters. The van der Waals surface area contributed by atoms with Gasteiger partial charge in [-0.25, -0.2) is 4.90 Å². The number of carbonyl (C=O) groups excluding carboxylic acids is 3. The number of imide groups is 1. The van der Waals surface area contributed by atoms with Crippen molar-refractivity contribution in [1.29, 1.82) is 0 Å². The van der Waals surface area contributed by atoms with Gasteiger partial charge in [-0.3, -0.25) is 14.4 Å². The number of ketones is 1. The number of amides is 2. The molecule has 2 unspecified atom stereocenters. The number of carbonyl (C=O) groups is 3. The fourth-order valence-corrected chi connectivity index (χ4v) is 2.63. The van der Waals surface area contributed by atoms with Gasteiger partial charge in [0.2, 0.25) is 12.0 Å². The maximum atomic E-state index is 12.5. The van der Waals surface area contributed by atoms with Crippen molar-refractivity contribution in [2.45, 2.75) is 19.1 Å². The van der Waals surface area contributed by atoms with Crippen LogP contribution in [0.3, 0.4) is 0 Å². The number of benzene rings is 1. The van der Waals surface area contributed by atoms with Crippen molar-refractivity contribution in [3.63, 3.8) is 0 Å². The summed E-state index contributed by atoms with van der Waals surface area (Å²) in [5.74, 6) is -1.26. The predicted molar refractivity (Wildman–Crippen MR) is 79.6 cm³/mol. The van der Waals surface area contributed by atoms with Gasteiger partial charge in [0.05, 0.1) is 0 Å². The molecule has 1 aromatic rings. The minimum atomic E-state index is -1.20. The van der Waals surface area contributed by atoms with E-state index in [0.717, 1.165) is 28.3 Å². The fourth-order valence-electron chi connectivity index (χ4n) is 2.63. The number of hydrogen-bond acceptors (Lipinski definition) is 5. The minimum Gasteiger partial charge on any atom is -0.462 e. The normalized spacial score (nSPS) is 23.6. The largest absolute Gasteiger partial charge is 0.462 e. The van der Waals surface area contributed by atoms with Crippen molar-refractivity contribution < 1.29 is 19.1 Å². The van der Waals surface area contributed by atoms with Gasteiger partial charge in [0.1, 0.15) is 5.75 Å². The Morgan fingerprint density at radius 2 is 1.73 bits per heavy atom. The molecule has 0 radical (unpaired) electrons. The van der Waals surface area contributed by atoms with Crippen LogP contribution >= 0.6 is 0 Å². The molecule has 0 aromatic heterocycles. The quantitative estimate of drug-likeness (QED) is 0.764. The van der Waals surface area contributed by atoms with Crippen LogP contribution in [0.5, 0.6) is 5.75 Å². The SMILES string of the molecule is CC1C(=O)C(N2C(=O)C=CC2=O)Oc2cc(N(C)C)ccc21. The van der Waals surface area contributed by atoms with Crippen LogP contribution in [0.4, 0.5) is 5.69 Å². The maximum Gasteiger partial charge on any atom is 0.256 e. The zero-order valence-corrected chi connectivity index (χ0v) is 12.6. The molecule has 2 aliphatic rings. The van der Waals surface area contributed by atoms with E-state index in [1.165, 1.54) is 0 Å². The number of Topliss-reactive ketones (excluding diaryl/α,β-unsaturated/α-hetero) is 1. The third-order valence-corrected chi connectivity index (χ3v) is 3.97. The summed E-state index contributed by atoms with van der Waals surface area (Å²) in [6, 6.07) is 5.55. The van der Waals surface area contributed by atoms with Crippen molar-refractivity contribution in [2.24, 2.45) is 0 Å². The Kier molecular flexibility index (Phi) is 3.24. The molecule has 0 spiro atoms. The molecule has 0 saturated heterocycles. The first-order valence-corrected chi connectivity index (χ1v) is 6.97. The Balaban J connectivity index is 2.00. The van der Waals surface area contributed by atoms with Crippen LogP contribution in [0.25, 0.3) is 0 Å². The molecule has 2 heterocycles. The van der Waals surface area contributed by atoms with Gasteiger partial charge in [0, 0.05) is 49.5 Å². The molecule has 0 N–H and O–H groups in total. The summed E-state index contributed by atoms with van der Waals surface area (Å²) in [6.45, 7) is 1.75. The number of anilines is 1. The predicted octanol–water partition coefficient (Wildman–Crippen LogP) is 1.07. The molecular weight excluding hydrogens is 284 g/mol. The van der Waals surface area contributed by atoms with E-state index in [2.05, 4.69) is 0 Å². The molecule has 6 nitrogen and oxygen atoms in total. The molecule has 2 aliphatic heterocycles. The summed E-state index contributed by atoms with van der Waals surface area (Å²) in [4.78, 5) is 38.9. The van der Waals surface area contributed by atoms with Gasteiger partial charge >= 0.3 is 0 Å². The number of nitrogens with zero attached hydrogens (tertiary/aromatic N) is 2.